The third kappa shape index (κ3) is 3.51. The number of rotatable bonds is 5. The van der Waals surface area contributed by atoms with Gasteiger partial charge in [0.2, 0.25) is 5.91 Å². The fraction of sp³-hybridized carbons (Fsp3) is 0.667. The first-order valence-electron chi connectivity index (χ1n) is 6.19. The third-order valence-electron chi connectivity index (χ3n) is 3.13. The van der Waals surface area contributed by atoms with Gasteiger partial charge in [-0.25, -0.2) is 4.98 Å². The summed E-state index contributed by atoms with van der Waals surface area (Å²) in [5.41, 5.74) is 0. The van der Waals surface area contributed by atoms with E-state index in [1.54, 1.807) is 17.5 Å². The molecular formula is C12H19N3OS. The summed E-state index contributed by atoms with van der Waals surface area (Å²) < 4.78 is 0. The molecule has 0 saturated carbocycles. The van der Waals surface area contributed by atoms with Gasteiger partial charge in [0.1, 0.15) is 5.01 Å². The Morgan fingerprint density at radius 1 is 1.76 bits per heavy atom. The van der Waals surface area contributed by atoms with Gasteiger partial charge in [-0.15, -0.1) is 11.3 Å². The largest absolute Gasteiger partial charge is 0.347 e. The highest BCUT2D eigenvalue weighted by Crippen LogP contribution is 2.20. The SMILES string of the molecule is CCC(NC(=O)CC1CCNC1)c1nccs1. The lowest BCUT2D eigenvalue weighted by Crippen LogP contribution is -2.30. The molecule has 1 saturated heterocycles. The number of aromatic nitrogens is 1. The van der Waals surface area contributed by atoms with Crippen LogP contribution in [0.25, 0.3) is 0 Å². The molecule has 1 aromatic rings. The first-order chi connectivity index (χ1) is 8.29. The highest BCUT2D eigenvalue weighted by atomic mass is 32.1. The number of nitrogens with one attached hydrogen (secondary N) is 2. The van der Waals surface area contributed by atoms with E-state index in [1.807, 2.05) is 5.38 Å². The Kier molecular flexibility index (Phi) is 4.50. The van der Waals surface area contributed by atoms with E-state index in [0.29, 0.717) is 12.3 Å². The van der Waals surface area contributed by atoms with Gasteiger partial charge in [-0.05, 0) is 31.8 Å². The molecule has 4 nitrogen and oxygen atoms in total. The van der Waals surface area contributed by atoms with E-state index < -0.39 is 0 Å². The molecular weight excluding hydrogens is 234 g/mol. The molecule has 1 amide bonds. The lowest BCUT2D eigenvalue weighted by Gasteiger charge is -2.16. The summed E-state index contributed by atoms with van der Waals surface area (Å²) in [4.78, 5) is 16.2. The van der Waals surface area contributed by atoms with Crippen molar-refractivity contribution in [2.75, 3.05) is 13.1 Å². The summed E-state index contributed by atoms with van der Waals surface area (Å²) in [6.07, 6.45) is 4.42. The van der Waals surface area contributed by atoms with Crippen molar-refractivity contribution >= 4 is 17.2 Å². The van der Waals surface area contributed by atoms with E-state index in [-0.39, 0.29) is 11.9 Å². The number of amides is 1. The van der Waals surface area contributed by atoms with Gasteiger partial charge < -0.3 is 10.6 Å². The Balaban J connectivity index is 1.83. The lowest BCUT2D eigenvalue weighted by molar-refractivity contribution is -0.122. The highest BCUT2D eigenvalue weighted by molar-refractivity contribution is 7.09. The molecule has 0 bridgehead atoms. The maximum atomic E-state index is 11.9. The number of carbonyl (C=O) groups excluding carboxylic acids is 1. The van der Waals surface area contributed by atoms with Gasteiger partial charge >= 0.3 is 0 Å². The molecule has 1 fully saturated rings. The van der Waals surface area contributed by atoms with Gasteiger partial charge in [-0.1, -0.05) is 6.92 Å². The van der Waals surface area contributed by atoms with Crippen molar-refractivity contribution in [1.29, 1.82) is 0 Å². The number of hydrogen-bond acceptors (Lipinski definition) is 4. The van der Waals surface area contributed by atoms with E-state index >= 15 is 0 Å². The van der Waals surface area contributed by atoms with Crippen molar-refractivity contribution in [3.8, 4) is 0 Å². The molecule has 1 aromatic heterocycles. The fourth-order valence-electron chi connectivity index (χ4n) is 2.15. The summed E-state index contributed by atoms with van der Waals surface area (Å²) in [7, 11) is 0. The zero-order valence-electron chi connectivity index (χ0n) is 10.1. The number of carbonyl (C=O) groups is 1. The zero-order chi connectivity index (χ0) is 12.1. The molecule has 17 heavy (non-hydrogen) atoms. The predicted octanol–water partition coefficient (Wildman–Crippen LogP) is 1.71. The van der Waals surface area contributed by atoms with E-state index in [4.69, 9.17) is 0 Å². The fourth-order valence-corrected chi connectivity index (χ4v) is 2.92. The molecule has 1 aliphatic heterocycles. The van der Waals surface area contributed by atoms with E-state index in [1.165, 1.54) is 0 Å². The molecule has 0 aromatic carbocycles. The smallest absolute Gasteiger partial charge is 0.220 e. The highest BCUT2D eigenvalue weighted by Gasteiger charge is 2.20. The Hall–Kier alpha value is -0.940. The molecule has 94 valence electrons. The molecule has 2 rings (SSSR count). The van der Waals surface area contributed by atoms with Crippen molar-refractivity contribution in [2.24, 2.45) is 5.92 Å². The first-order valence-corrected chi connectivity index (χ1v) is 7.07. The number of hydrogen-bond donors (Lipinski definition) is 2. The minimum absolute atomic E-state index is 0.0804. The van der Waals surface area contributed by atoms with E-state index in [0.717, 1.165) is 30.9 Å². The average Bonchev–Trinajstić information content (AvgIpc) is 2.97. The molecule has 0 spiro atoms. The number of nitrogens with zero attached hydrogens (tertiary/aromatic N) is 1. The van der Waals surface area contributed by atoms with Crippen molar-refractivity contribution in [2.45, 2.75) is 32.2 Å². The van der Waals surface area contributed by atoms with Gasteiger partial charge in [-0.2, -0.15) is 0 Å². The monoisotopic (exact) mass is 253 g/mol. The van der Waals surface area contributed by atoms with Crippen LogP contribution in [0.4, 0.5) is 0 Å². The second-order valence-corrected chi connectivity index (χ2v) is 5.39. The molecule has 2 heterocycles. The van der Waals surface area contributed by atoms with Crippen molar-refractivity contribution in [1.82, 2.24) is 15.6 Å². The van der Waals surface area contributed by atoms with E-state index in [2.05, 4.69) is 22.5 Å². The lowest BCUT2D eigenvalue weighted by atomic mass is 10.0. The summed E-state index contributed by atoms with van der Waals surface area (Å²) in [5.74, 6) is 0.657. The molecule has 0 aliphatic carbocycles. The maximum absolute atomic E-state index is 11.9. The third-order valence-corrected chi connectivity index (χ3v) is 4.02. The van der Waals surface area contributed by atoms with Gasteiger partial charge in [0.25, 0.3) is 0 Å². The minimum atomic E-state index is 0.0804. The second-order valence-electron chi connectivity index (χ2n) is 4.46. The first kappa shape index (κ1) is 12.5. The van der Waals surface area contributed by atoms with Crippen LogP contribution in [-0.4, -0.2) is 24.0 Å². The molecule has 2 atom stereocenters. The predicted molar refractivity (Wildman–Crippen MR) is 68.9 cm³/mol. The summed E-state index contributed by atoms with van der Waals surface area (Å²) in [6, 6.07) is 0.0804. The van der Waals surface area contributed by atoms with Crippen LogP contribution >= 0.6 is 11.3 Å². The van der Waals surface area contributed by atoms with Crippen LogP contribution in [0, 0.1) is 5.92 Å². The molecule has 0 radical (unpaired) electrons. The Morgan fingerprint density at radius 2 is 2.65 bits per heavy atom. The van der Waals surface area contributed by atoms with Crippen molar-refractivity contribution < 1.29 is 4.79 Å². The summed E-state index contributed by atoms with van der Waals surface area (Å²) in [6.45, 7) is 4.09. The Bertz CT molecular complexity index is 347. The Morgan fingerprint density at radius 3 is 3.24 bits per heavy atom. The standard InChI is InChI=1S/C12H19N3OS/c1-2-10(12-14-5-6-17-12)15-11(16)7-9-3-4-13-8-9/h5-6,9-10,13H,2-4,7-8H2,1H3,(H,15,16). The quantitative estimate of drug-likeness (QED) is 0.840. The van der Waals surface area contributed by atoms with Crippen LogP contribution in [-0.2, 0) is 4.79 Å². The molecule has 1 aliphatic rings. The Labute approximate surface area is 106 Å². The van der Waals surface area contributed by atoms with E-state index in [9.17, 15) is 4.79 Å². The summed E-state index contributed by atoms with van der Waals surface area (Å²) >= 11 is 1.60. The normalized spacial score (nSPS) is 21.4. The van der Waals surface area contributed by atoms with Crippen LogP contribution in [0.3, 0.4) is 0 Å². The van der Waals surface area contributed by atoms with Crippen LogP contribution in [0.1, 0.15) is 37.2 Å². The number of thiazole rings is 1. The van der Waals surface area contributed by atoms with Gasteiger partial charge in [-0.3, -0.25) is 4.79 Å². The molecule has 5 heteroatoms. The molecule has 2 N–H and O–H groups in total. The summed E-state index contributed by atoms with van der Waals surface area (Å²) in [5, 5.41) is 9.31. The van der Waals surface area contributed by atoms with Crippen LogP contribution in [0.2, 0.25) is 0 Å². The minimum Gasteiger partial charge on any atom is -0.347 e. The maximum Gasteiger partial charge on any atom is 0.220 e. The van der Waals surface area contributed by atoms with Crippen LogP contribution < -0.4 is 10.6 Å². The molecule has 2 unspecified atom stereocenters. The van der Waals surface area contributed by atoms with Crippen molar-refractivity contribution in [3.05, 3.63) is 16.6 Å². The zero-order valence-corrected chi connectivity index (χ0v) is 10.9. The van der Waals surface area contributed by atoms with Gasteiger partial charge in [0, 0.05) is 18.0 Å². The average molecular weight is 253 g/mol. The van der Waals surface area contributed by atoms with Crippen molar-refractivity contribution in [3.63, 3.8) is 0 Å². The van der Waals surface area contributed by atoms with Crippen LogP contribution in [0.15, 0.2) is 11.6 Å². The second kappa shape index (κ2) is 6.12. The van der Waals surface area contributed by atoms with Crippen LogP contribution in [0.5, 0.6) is 0 Å². The topological polar surface area (TPSA) is 54.0 Å². The van der Waals surface area contributed by atoms with Gasteiger partial charge in [0.15, 0.2) is 0 Å². The van der Waals surface area contributed by atoms with Gasteiger partial charge in [0.05, 0.1) is 6.04 Å².